The first-order valence-corrected chi connectivity index (χ1v) is 7.47. The number of carbonyl (C=O) groups excluding carboxylic acids is 2. The van der Waals surface area contributed by atoms with Gasteiger partial charge in [-0.25, -0.2) is 0 Å². The molecule has 0 radical (unpaired) electrons. The number of hydrogen-bond donors (Lipinski definition) is 0. The average Bonchev–Trinajstić information content (AvgIpc) is 2.47. The molecule has 1 saturated heterocycles. The lowest BCUT2D eigenvalue weighted by Crippen LogP contribution is -2.40. The zero-order valence-corrected chi connectivity index (χ0v) is 13.0. The van der Waals surface area contributed by atoms with E-state index in [9.17, 15) is 9.59 Å². The summed E-state index contributed by atoms with van der Waals surface area (Å²) >= 11 is 0. The van der Waals surface area contributed by atoms with Crippen molar-refractivity contribution >= 4 is 11.7 Å². The SMILES string of the molecule is COc1ccc(C(C)=O)cc1CC(=O)N1CCCC(C)C1. The van der Waals surface area contributed by atoms with E-state index in [0.717, 1.165) is 25.1 Å². The summed E-state index contributed by atoms with van der Waals surface area (Å²) in [7, 11) is 1.58. The highest BCUT2D eigenvalue weighted by atomic mass is 16.5. The Morgan fingerprint density at radius 3 is 2.76 bits per heavy atom. The normalized spacial score (nSPS) is 18.4. The van der Waals surface area contributed by atoms with Gasteiger partial charge in [0.05, 0.1) is 13.5 Å². The number of ether oxygens (including phenoxy) is 1. The van der Waals surface area contributed by atoms with Crippen molar-refractivity contribution in [3.63, 3.8) is 0 Å². The van der Waals surface area contributed by atoms with Crippen molar-refractivity contribution in [1.29, 1.82) is 0 Å². The topological polar surface area (TPSA) is 46.6 Å². The van der Waals surface area contributed by atoms with E-state index >= 15 is 0 Å². The summed E-state index contributed by atoms with van der Waals surface area (Å²) in [5.74, 6) is 1.34. The molecular weight excluding hydrogens is 266 g/mol. The monoisotopic (exact) mass is 289 g/mol. The van der Waals surface area contributed by atoms with Gasteiger partial charge >= 0.3 is 0 Å². The Bertz CT molecular complexity index is 539. The lowest BCUT2D eigenvalue weighted by Gasteiger charge is -2.31. The lowest BCUT2D eigenvalue weighted by molar-refractivity contribution is -0.132. The number of methoxy groups -OCH3 is 1. The molecule has 0 aromatic heterocycles. The average molecular weight is 289 g/mol. The Morgan fingerprint density at radius 1 is 1.38 bits per heavy atom. The smallest absolute Gasteiger partial charge is 0.227 e. The van der Waals surface area contributed by atoms with Crippen LogP contribution in [0.1, 0.15) is 42.6 Å². The maximum absolute atomic E-state index is 12.4. The zero-order valence-electron chi connectivity index (χ0n) is 13.0. The van der Waals surface area contributed by atoms with E-state index in [4.69, 9.17) is 4.74 Å². The van der Waals surface area contributed by atoms with Gasteiger partial charge in [0.15, 0.2) is 5.78 Å². The summed E-state index contributed by atoms with van der Waals surface area (Å²) < 4.78 is 5.31. The van der Waals surface area contributed by atoms with Crippen LogP contribution in [-0.4, -0.2) is 36.8 Å². The van der Waals surface area contributed by atoms with Crippen LogP contribution in [0, 0.1) is 5.92 Å². The van der Waals surface area contributed by atoms with Crippen LogP contribution in [0.15, 0.2) is 18.2 Å². The second-order valence-electron chi connectivity index (χ2n) is 5.85. The quantitative estimate of drug-likeness (QED) is 0.801. The first-order chi connectivity index (χ1) is 10.0. The third-order valence-electron chi connectivity index (χ3n) is 4.04. The predicted molar refractivity (Wildman–Crippen MR) is 81.7 cm³/mol. The number of carbonyl (C=O) groups is 2. The summed E-state index contributed by atoms with van der Waals surface area (Å²) in [5, 5.41) is 0. The molecule has 1 amide bonds. The van der Waals surface area contributed by atoms with Gasteiger partial charge in [-0.1, -0.05) is 6.92 Å². The van der Waals surface area contributed by atoms with Crippen molar-refractivity contribution in [2.45, 2.75) is 33.1 Å². The van der Waals surface area contributed by atoms with Gasteiger partial charge in [-0.3, -0.25) is 9.59 Å². The first kappa shape index (κ1) is 15.5. The van der Waals surface area contributed by atoms with Crippen molar-refractivity contribution < 1.29 is 14.3 Å². The molecule has 1 aromatic carbocycles. The Labute approximate surface area is 126 Å². The third kappa shape index (κ3) is 3.84. The fourth-order valence-electron chi connectivity index (χ4n) is 2.83. The molecule has 4 heteroatoms. The summed E-state index contributed by atoms with van der Waals surface area (Å²) in [5.41, 5.74) is 1.40. The molecule has 0 saturated carbocycles. The molecule has 4 nitrogen and oxygen atoms in total. The van der Waals surface area contributed by atoms with Crippen LogP contribution in [0.25, 0.3) is 0 Å². The molecule has 21 heavy (non-hydrogen) atoms. The number of amides is 1. The molecule has 1 fully saturated rings. The number of Topliss-reactive ketones (excluding diaryl/α,β-unsaturated/α-hetero) is 1. The summed E-state index contributed by atoms with van der Waals surface area (Å²) in [4.78, 5) is 25.9. The number of piperidine rings is 1. The van der Waals surface area contributed by atoms with Gasteiger partial charge in [0, 0.05) is 24.2 Å². The van der Waals surface area contributed by atoms with E-state index in [0.29, 0.717) is 17.2 Å². The fourth-order valence-corrected chi connectivity index (χ4v) is 2.83. The Kier molecular flexibility index (Phi) is 4.99. The van der Waals surface area contributed by atoms with Gasteiger partial charge in [-0.2, -0.15) is 0 Å². The van der Waals surface area contributed by atoms with Gasteiger partial charge in [0.1, 0.15) is 5.75 Å². The van der Waals surface area contributed by atoms with E-state index in [2.05, 4.69) is 6.92 Å². The minimum atomic E-state index is -0.00190. The predicted octanol–water partition coefficient (Wildman–Crippen LogP) is 2.70. The van der Waals surface area contributed by atoms with Gasteiger partial charge in [-0.15, -0.1) is 0 Å². The number of rotatable bonds is 4. The van der Waals surface area contributed by atoms with Crippen molar-refractivity contribution in [1.82, 2.24) is 4.90 Å². The number of benzene rings is 1. The van der Waals surface area contributed by atoms with Crippen molar-refractivity contribution in [2.24, 2.45) is 5.92 Å². The number of hydrogen-bond acceptors (Lipinski definition) is 3. The van der Waals surface area contributed by atoms with E-state index in [1.54, 1.807) is 25.3 Å². The van der Waals surface area contributed by atoms with Crippen LogP contribution >= 0.6 is 0 Å². The van der Waals surface area contributed by atoms with Crippen LogP contribution in [0.4, 0.5) is 0 Å². The molecule has 0 N–H and O–H groups in total. The van der Waals surface area contributed by atoms with E-state index in [1.165, 1.54) is 13.3 Å². The van der Waals surface area contributed by atoms with Gasteiger partial charge in [0.2, 0.25) is 5.91 Å². The van der Waals surface area contributed by atoms with E-state index in [-0.39, 0.29) is 18.1 Å². The molecular formula is C17H23NO3. The maximum Gasteiger partial charge on any atom is 0.227 e. The molecule has 0 aliphatic carbocycles. The maximum atomic E-state index is 12.4. The molecule has 0 bridgehead atoms. The van der Waals surface area contributed by atoms with Crippen molar-refractivity contribution in [3.05, 3.63) is 29.3 Å². The van der Waals surface area contributed by atoms with Crippen LogP contribution in [0.3, 0.4) is 0 Å². The van der Waals surface area contributed by atoms with Crippen LogP contribution in [-0.2, 0) is 11.2 Å². The van der Waals surface area contributed by atoms with E-state index in [1.807, 2.05) is 4.90 Å². The molecule has 1 heterocycles. The molecule has 1 aliphatic heterocycles. The number of ketones is 1. The highest BCUT2D eigenvalue weighted by molar-refractivity contribution is 5.94. The van der Waals surface area contributed by atoms with Crippen LogP contribution in [0.5, 0.6) is 5.75 Å². The second-order valence-corrected chi connectivity index (χ2v) is 5.85. The summed E-state index contributed by atoms with van der Waals surface area (Å²) in [6.07, 6.45) is 2.54. The van der Waals surface area contributed by atoms with Gasteiger partial charge < -0.3 is 9.64 Å². The Hall–Kier alpha value is -1.84. The summed E-state index contributed by atoms with van der Waals surface area (Å²) in [6.45, 7) is 5.36. The number of nitrogens with zero attached hydrogens (tertiary/aromatic N) is 1. The molecule has 1 unspecified atom stereocenters. The molecule has 1 aliphatic rings. The highest BCUT2D eigenvalue weighted by Gasteiger charge is 2.22. The zero-order chi connectivity index (χ0) is 15.4. The largest absolute Gasteiger partial charge is 0.496 e. The van der Waals surface area contributed by atoms with Crippen molar-refractivity contribution in [3.8, 4) is 5.75 Å². The Morgan fingerprint density at radius 2 is 2.14 bits per heavy atom. The molecule has 114 valence electrons. The lowest BCUT2D eigenvalue weighted by atomic mass is 9.99. The fraction of sp³-hybridized carbons (Fsp3) is 0.529. The van der Waals surface area contributed by atoms with Crippen LogP contribution < -0.4 is 4.74 Å². The number of likely N-dealkylation sites (tertiary alicyclic amines) is 1. The molecule has 2 rings (SSSR count). The van der Waals surface area contributed by atoms with E-state index < -0.39 is 0 Å². The second kappa shape index (κ2) is 6.74. The van der Waals surface area contributed by atoms with Crippen LogP contribution in [0.2, 0.25) is 0 Å². The van der Waals surface area contributed by atoms with Crippen molar-refractivity contribution in [2.75, 3.05) is 20.2 Å². The molecule has 0 spiro atoms. The first-order valence-electron chi connectivity index (χ1n) is 7.47. The van der Waals surface area contributed by atoms with Gasteiger partial charge in [0.25, 0.3) is 0 Å². The summed E-state index contributed by atoms with van der Waals surface area (Å²) in [6, 6.07) is 5.27. The molecule has 1 aromatic rings. The third-order valence-corrected chi connectivity index (χ3v) is 4.04. The highest BCUT2D eigenvalue weighted by Crippen LogP contribution is 2.23. The minimum Gasteiger partial charge on any atom is -0.496 e. The van der Waals surface area contributed by atoms with Gasteiger partial charge in [-0.05, 0) is 43.9 Å². The standard InChI is InChI=1S/C17H23NO3/c1-12-5-4-8-18(11-12)17(20)10-15-9-14(13(2)19)6-7-16(15)21-3/h6-7,9,12H,4-5,8,10-11H2,1-3H3. The Balaban J connectivity index is 2.15. The molecule has 1 atom stereocenters. The minimum absolute atomic E-state index is 0.00190.